The van der Waals surface area contributed by atoms with Gasteiger partial charge in [-0.3, -0.25) is 4.79 Å². The second-order valence-electron chi connectivity index (χ2n) is 15.0. The summed E-state index contributed by atoms with van der Waals surface area (Å²) in [6.07, 6.45) is 5.52. The zero-order valence-electron chi connectivity index (χ0n) is 23.0. The Kier molecular flexibility index (Phi) is 5.77. The van der Waals surface area contributed by atoms with Gasteiger partial charge in [0, 0.05) is 17.3 Å². The van der Waals surface area contributed by atoms with E-state index in [1.165, 1.54) is 0 Å². The molecule has 0 aliphatic heterocycles. The lowest BCUT2D eigenvalue weighted by molar-refractivity contribution is -0.254. The number of carboxylic acids is 1. The summed E-state index contributed by atoms with van der Waals surface area (Å²) in [5.74, 6) is -1.19. The number of hydrogen-bond acceptors (Lipinski definition) is 5. The van der Waals surface area contributed by atoms with Crippen LogP contribution < -0.4 is 0 Å². The molecule has 0 aromatic heterocycles. The summed E-state index contributed by atoms with van der Waals surface area (Å²) in [4.78, 5) is 12.8. The van der Waals surface area contributed by atoms with Crippen LogP contribution in [0.15, 0.2) is 11.6 Å². The average Bonchev–Trinajstić information content (AvgIpc) is 2.79. The summed E-state index contributed by atoms with van der Waals surface area (Å²) >= 11 is 0. The van der Waals surface area contributed by atoms with Crippen LogP contribution in [0.3, 0.4) is 0 Å². The highest BCUT2D eigenvalue weighted by Crippen LogP contribution is 2.75. The summed E-state index contributed by atoms with van der Waals surface area (Å²) in [6.45, 7) is 12.7. The van der Waals surface area contributed by atoms with Crippen LogP contribution >= 0.6 is 0 Å². The molecule has 5 rings (SSSR count). The average molecular weight is 505 g/mol. The van der Waals surface area contributed by atoms with Crippen molar-refractivity contribution in [3.8, 4) is 0 Å². The smallest absolute Gasteiger partial charge is 0.310 e. The summed E-state index contributed by atoms with van der Waals surface area (Å²) in [5.41, 5.74) is -1.83. The Balaban J connectivity index is 1.65. The molecule has 5 aliphatic rings. The van der Waals surface area contributed by atoms with Crippen molar-refractivity contribution in [2.24, 2.45) is 50.2 Å². The minimum absolute atomic E-state index is 0.155. The quantitative estimate of drug-likeness (QED) is 0.361. The number of carboxylic acid groups (broad SMARTS) is 1. The van der Waals surface area contributed by atoms with E-state index in [4.69, 9.17) is 0 Å². The maximum atomic E-state index is 12.8. The standard InChI is InChI=1S/C30H48O6/c1-25(2)11-13-30(24(35)36)14-12-28(5)17(21(30)23(25)34)7-8-19-26(3)10-9-20(33)27(4,16-31)22(26)18(32)15-29(19,28)6/h7,18-23,31-34H,8-16H2,1-6H3,(H,35,36)/t18?,19?,20?,21?,22?,23?,26-,27?,28-,29-,30+/m1/s1. The molecular weight excluding hydrogens is 456 g/mol. The second kappa shape index (κ2) is 7.80. The molecule has 4 saturated carbocycles. The largest absolute Gasteiger partial charge is 0.481 e. The molecule has 0 bridgehead atoms. The van der Waals surface area contributed by atoms with Gasteiger partial charge in [0.05, 0.1) is 30.3 Å². The normalized spacial score (nSPS) is 55.9. The van der Waals surface area contributed by atoms with Gasteiger partial charge in [-0.25, -0.2) is 0 Å². The molecule has 6 nitrogen and oxygen atoms in total. The van der Waals surface area contributed by atoms with E-state index in [0.717, 1.165) is 24.8 Å². The maximum Gasteiger partial charge on any atom is 0.310 e. The first-order valence-corrected chi connectivity index (χ1v) is 14.1. The Hall–Kier alpha value is -0.950. The van der Waals surface area contributed by atoms with Crippen LogP contribution in [0, 0.1) is 50.2 Å². The third-order valence-corrected chi connectivity index (χ3v) is 13.3. The molecule has 4 fully saturated rings. The minimum atomic E-state index is -0.937. The lowest BCUT2D eigenvalue weighted by Gasteiger charge is -2.72. The fraction of sp³-hybridized carbons (Fsp3) is 0.900. The van der Waals surface area contributed by atoms with E-state index >= 15 is 0 Å². The van der Waals surface area contributed by atoms with Crippen LogP contribution in [0.5, 0.6) is 0 Å². The van der Waals surface area contributed by atoms with Crippen molar-refractivity contribution in [3.63, 3.8) is 0 Å². The van der Waals surface area contributed by atoms with Crippen molar-refractivity contribution in [1.82, 2.24) is 0 Å². The van der Waals surface area contributed by atoms with Gasteiger partial charge in [0.15, 0.2) is 0 Å². The van der Waals surface area contributed by atoms with Gasteiger partial charge in [0.1, 0.15) is 0 Å². The number of rotatable bonds is 2. The first kappa shape index (κ1) is 26.6. The van der Waals surface area contributed by atoms with Crippen LogP contribution in [0.1, 0.15) is 92.9 Å². The number of carbonyl (C=O) groups is 1. The van der Waals surface area contributed by atoms with Crippen molar-refractivity contribution in [2.45, 2.75) is 111 Å². The maximum absolute atomic E-state index is 12.8. The number of aliphatic hydroxyl groups is 4. The molecule has 5 N–H and O–H groups in total. The Morgan fingerprint density at radius 3 is 2.22 bits per heavy atom. The van der Waals surface area contributed by atoms with Gasteiger partial charge in [-0.1, -0.05) is 53.2 Å². The lowest BCUT2D eigenvalue weighted by atomic mass is 9.33. The Morgan fingerprint density at radius 2 is 1.61 bits per heavy atom. The van der Waals surface area contributed by atoms with Crippen molar-refractivity contribution < 1.29 is 30.3 Å². The summed E-state index contributed by atoms with van der Waals surface area (Å²) in [5, 5.41) is 55.3. The Labute approximate surface area is 216 Å². The zero-order valence-corrected chi connectivity index (χ0v) is 23.0. The van der Waals surface area contributed by atoms with E-state index in [1.807, 2.05) is 6.92 Å². The predicted molar refractivity (Wildman–Crippen MR) is 137 cm³/mol. The second-order valence-corrected chi connectivity index (χ2v) is 15.0. The van der Waals surface area contributed by atoms with Crippen LogP contribution in [0.4, 0.5) is 0 Å². The molecule has 0 radical (unpaired) electrons. The molecular formula is C30H48O6. The molecule has 5 aliphatic carbocycles. The number of allylic oxidation sites excluding steroid dienone is 1. The molecule has 0 aromatic rings. The zero-order chi connectivity index (χ0) is 26.7. The van der Waals surface area contributed by atoms with Crippen molar-refractivity contribution in [3.05, 3.63) is 11.6 Å². The minimum Gasteiger partial charge on any atom is -0.481 e. The third-order valence-electron chi connectivity index (χ3n) is 13.3. The highest BCUT2D eigenvalue weighted by Gasteiger charge is 2.72. The van der Waals surface area contributed by atoms with E-state index in [1.54, 1.807) is 0 Å². The van der Waals surface area contributed by atoms with Gasteiger partial charge >= 0.3 is 5.97 Å². The fourth-order valence-electron chi connectivity index (χ4n) is 10.8. The number of aliphatic carboxylic acids is 1. The highest BCUT2D eigenvalue weighted by atomic mass is 16.4. The molecule has 204 valence electrons. The van der Waals surface area contributed by atoms with Gasteiger partial charge in [0.25, 0.3) is 0 Å². The van der Waals surface area contributed by atoms with Gasteiger partial charge in [-0.05, 0) is 78.9 Å². The monoisotopic (exact) mass is 504 g/mol. The third kappa shape index (κ3) is 2.96. The van der Waals surface area contributed by atoms with Crippen LogP contribution in [0.2, 0.25) is 0 Å². The Bertz CT molecular complexity index is 974. The van der Waals surface area contributed by atoms with E-state index in [9.17, 15) is 30.3 Å². The Morgan fingerprint density at radius 1 is 0.972 bits per heavy atom. The summed E-state index contributed by atoms with van der Waals surface area (Å²) < 4.78 is 0. The SMILES string of the molecule is CC1(C)CC[C@]2(C(=O)O)CC[C@]3(C)C(=CCC4[C@@]5(C)CCC(O)C(C)(CO)C5C(O)C[C@]43C)C2C1O. The fourth-order valence-corrected chi connectivity index (χ4v) is 10.8. The summed E-state index contributed by atoms with van der Waals surface area (Å²) in [7, 11) is 0. The van der Waals surface area contributed by atoms with E-state index in [2.05, 4.69) is 40.7 Å². The van der Waals surface area contributed by atoms with Gasteiger partial charge < -0.3 is 25.5 Å². The number of aliphatic hydroxyl groups excluding tert-OH is 4. The van der Waals surface area contributed by atoms with Crippen molar-refractivity contribution in [1.29, 1.82) is 0 Å². The molecule has 6 heteroatoms. The lowest BCUT2D eigenvalue weighted by Crippen LogP contribution is -2.70. The van der Waals surface area contributed by atoms with E-state index in [0.29, 0.717) is 32.1 Å². The van der Waals surface area contributed by atoms with Gasteiger partial charge in [-0.15, -0.1) is 0 Å². The summed E-state index contributed by atoms with van der Waals surface area (Å²) in [6, 6.07) is 0. The van der Waals surface area contributed by atoms with Gasteiger partial charge in [-0.2, -0.15) is 0 Å². The molecule has 7 unspecified atom stereocenters. The molecule has 0 amide bonds. The molecule has 0 spiro atoms. The topological polar surface area (TPSA) is 118 Å². The van der Waals surface area contributed by atoms with Crippen molar-refractivity contribution >= 4 is 5.97 Å². The van der Waals surface area contributed by atoms with Crippen LogP contribution in [-0.4, -0.2) is 56.4 Å². The molecule has 0 heterocycles. The van der Waals surface area contributed by atoms with Crippen molar-refractivity contribution in [2.75, 3.05) is 6.61 Å². The van der Waals surface area contributed by atoms with Crippen LogP contribution in [0.25, 0.3) is 0 Å². The highest BCUT2D eigenvalue weighted by molar-refractivity contribution is 5.77. The van der Waals surface area contributed by atoms with Gasteiger partial charge in [0.2, 0.25) is 0 Å². The molecule has 0 saturated heterocycles. The number of fused-ring (bicyclic) bond motifs is 7. The molecule has 11 atom stereocenters. The first-order valence-electron chi connectivity index (χ1n) is 14.1. The molecule has 36 heavy (non-hydrogen) atoms. The van der Waals surface area contributed by atoms with Crippen LogP contribution in [-0.2, 0) is 4.79 Å². The predicted octanol–water partition coefficient (Wildman–Crippen LogP) is 4.15. The number of hydrogen-bond donors (Lipinski definition) is 5. The molecule has 0 aromatic carbocycles. The first-order chi connectivity index (χ1) is 16.5. The van der Waals surface area contributed by atoms with E-state index < -0.39 is 41.0 Å². The van der Waals surface area contributed by atoms with E-state index in [-0.39, 0.29) is 40.1 Å².